The molecule has 0 spiro atoms. The minimum absolute atomic E-state index is 0.591. The molecule has 0 radical (unpaired) electrons. The summed E-state index contributed by atoms with van der Waals surface area (Å²) in [7, 11) is 0. The first kappa shape index (κ1) is 5.64. The molecule has 0 aromatic carbocycles. The lowest BCUT2D eigenvalue weighted by molar-refractivity contribution is 0.277. The Morgan fingerprint density at radius 3 is 2.86 bits per heavy atom. The van der Waals surface area contributed by atoms with Crippen LogP contribution in [0.25, 0.3) is 0 Å². The molecule has 0 aliphatic carbocycles. The van der Waals surface area contributed by atoms with E-state index in [0.717, 1.165) is 3.84 Å². The topological polar surface area (TPSA) is 44.6 Å². The smallest absolute Gasteiger partial charge is 0.215 e. The number of aliphatic hydroxyl groups is 1. The average molecular weight is 230 g/mol. The highest BCUT2D eigenvalue weighted by Crippen LogP contribution is 2.13. The van der Waals surface area contributed by atoms with Crippen LogP contribution in [0.3, 0.4) is 0 Å². The number of halogens is 1. The first-order valence-electron chi connectivity index (χ1n) is 1.62. The third-order valence-electron chi connectivity index (χ3n) is 0.472. The molecule has 0 bridgehead atoms. The van der Waals surface area contributed by atoms with E-state index in [4.69, 9.17) is 5.11 Å². The molecule has 1 rings (SSSR count). The summed E-state index contributed by atoms with van der Waals surface area (Å²) in [6.45, 7) is 0. The van der Waals surface area contributed by atoms with Gasteiger partial charge < -0.3 is 9.83 Å². The molecule has 0 amide bonds. The predicted molar refractivity (Wildman–Crippen MR) is 38.2 cm³/mol. The molecular weight excluding hydrogens is 227 g/mol. The molecule has 0 fully saturated rings. The summed E-state index contributed by atoms with van der Waals surface area (Å²) in [5.41, 5.74) is -0.591. The molecule has 1 aliphatic heterocycles. The molecule has 0 aromatic rings. The highest BCUT2D eigenvalue weighted by Gasteiger charge is 2.10. The van der Waals surface area contributed by atoms with Crippen molar-refractivity contribution in [1.29, 1.82) is 0 Å². The largest absolute Gasteiger partial charge is 0.362 e. The van der Waals surface area contributed by atoms with Gasteiger partial charge in [-0.05, 0) is 22.6 Å². The molecule has 0 saturated carbocycles. The van der Waals surface area contributed by atoms with E-state index < -0.39 is 5.56 Å². The molecule has 5 heteroatoms. The molecule has 40 valence electrons. The highest BCUT2D eigenvalue weighted by molar-refractivity contribution is 14.1. The Hall–Kier alpha value is 0.510. The van der Waals surface area contributed by atoms with E-state index >= 15 is 0 Å². The van der Waals surface area contributed by atoms with Gasteiger partial charge >= 0.3 is 0 Å². The summed E-state index contributed by atoms with van der Waals surface area (Å²) < 4.78 is 3.53. The molecule has 7 heavy (non-hydrogen) atoms. The number of amidine groups is 1. The monoisotopic (exact) mass is 230 g/mol. The summed E-state index contributed by atoms with van der Waals surface area (Å²) in [4.78, 5) is 3.70. The van der Waals surface area contributed by atoms with Gasteiger partial charge in [0.05, 0.1) is 0 Å². The van der Waals surface area contributed by atoms with Crippen molar-refractivity contribution in [3.8, 4) is 0 Å². The van der Waals surface area contributed by atoms with Crippen molar-refractivity contribution in [3.05, 3.63) is 0 Å². The number of rotatable bonds is 0. The Labute approximate surface area is 58.9 Å². The van der Waals surface area contributed by atoms with Gasteiger partial charge in [-0.1, -0.05) is 0 Å². The zero-order valence-corrected chi connectivity index (χ0v) is 6.23. The Morgan fingerprint density at radius 1 is 2.00 bits per heavy atom. The molecule has 1 unspecified atom stereocenters. The van der Waals surface area contributed by atoms with Crippen LogP contribution in [0.15, 0.2) is 4.99 Å². The molecule has 1 aliphatic rings. The lowest BCUT2D eigenvalue weighted by Gasteiger charge is -1.88. The van der Waals surface area contributed by atoms with Crippen molar-refractivity contribution in [2.45, 2.75) is 5.56 Å². The minimum Gasteiger partial charge on any atom is -0.362 e. The van der Waals surface area contributed by atoms with Crippen LogP contribution in [-0.4, -0.2) is 14.5 Å². The fourth-order valence-electron chi connectivity index (χ4n) is 0.251. The van der Waals surface area contributed by atoms with Crippen molar-refractivity contribution in [2.75, 3.05) is 0 Å². The van der Waals surface area contributed by atoms with Gasteiger partial charge in [-0.25, -0.2) is 4.99 Å². The van der Waals surface area contributed by atoms with Crippen LogP contribution in [0, 0.1) is 0 Å². The number of hydrogen-bond acceptors (Lipinski definition) is 4. The average Bonchev–Trinajstić information content (AvgIpc) is 1.87. The number of nitrogens with one attached hydrogen (secondary N) is 1. The third-order valence-corrected chi connectivity index (χ3v) is 2.01. The van der Waals surface area contributed by atoms with Crippen molar-refractivity contribution in [2.24, 2.45) is 4.99 Å². The lowest BCUT2D eigenvalue weighted by Crippen LogP contribution is -2.00. The quantitative estimate of drug-likeness (QED) is 0.357. The van der Waals surface area contributed by atoms with Gasteiger partial charge in [0.2, 0.25) is 5.56 Å². The first-order valence-corrected chi connectivity index (χ1v) is 3.58. The molecule has 1 heterocycles. The second kappa shape index (κ2) is 2.19. The third kappa shape index (κ3) is 1.46. The Balaban J connectivity index is 2.50. The lowest BCUT2D eigenvalue weighted by atomic mass is 11.2. The molecular formula is C2H3IN2OS. The maximum Gasteiger partial charge on any atom is 0.215 e. The van der Waals surface area contributed by atoms with E-state index in [-0.39, 0.29) is 0 Å². The van der Waals surface area contributed by atoms with Crippen LogP contribution >= 0.6 is 34.5 Å². The Morgan fingerprint density at radius 2 is 2.71 bits per heavy atom. The minimum atomic E-state index is -0.591. The fourth-order valence-corrected chi connectivity index (χ4v) is 1.50. The highest BCUT2D eigenvalue weighted by atomic mass is 127. The van der Waals surface area contributed by atoms with Crippen LogP contribution in [0.5, 0.6) is 0 Å². The van der Waals surface area contributed by atoms with Crippen LogP contribution in [0.4, 0.5) is 0 Å². The zero-order valence-electron chi connectivity index (χ0n) is 3.26. The van der Waals surface area contributed by atoms with Crippen LogP contribution in [-0.2, 0) is 0 Å². The first-order chi connectivity index (χ1) is 3.29. The SMILES string of the molecule is OC1N=C(I)NS1. The summed E-state index contributed by atoms with van der Waals surface area (Å²) in [6.07, 6.45) is 0. The van der Waals surface area contributed by atoms with Gasteiger partial charge in [-0.15, -0.1) is 0 Å². The van der Waals surface area contributed by atoms with Crippen LogP contribution in [0.2, 0.25) is 0 Å². The summed E-state index contributed by atoms with van der Waals surface area (Å²) in [6, 6.07) is 0. The van der Waals surface area contributed by atoms with Crippen molar-refractivity contribution in [1.82, 2.24) is 4.72 Å². The van der Waals surface area contributed by atoms with E-state index in [2.05, 4.69) is 9.71 Å². The zero-order chi connectivity index (χ0) is 5.28. The van der Waals surface area contributed by atoms with Gasteiger partial charge in [-0.2, -0.15) is 0 Å². The fraction of sp³-hybridized carbons (Fsp3) is 0.500. The van der Waals surface area contributed by atoms with Crippen molar-refractivity contribution in [3.63, 3.8) is 0 Å². The van der Waals surface area contributed by atoms with Gasteiger partial charge in [0.25, 0.3) is 0 Å². The second-order valence-corrected chi connectivity index (χ2v) is 2.85. The van der Waals surface area contributed by atoms with Crippen molar-refractivity contribution >= 4 is 38.4 Å². The number of nitrogens with zero attached hydrogens (tertiary/aromatic N) is 1. The summed E-state index contributed by atoms with van der Waals surface area (Å²) >= 11 is 3.20. The standard InChI is InChI=1S/C2H3IN2OS/c3-1-4-2(6)7-5-1/h2,6H,(H,4,5). The van der Waals surface area contributed by atoms with E-state index in [1.807, 2.05) is 22.6 Å². The summed E-state index contributed by atoms with van der Waals surface area (Å²) in [5.74, 6) is 0. The Bertz CT molecular complexity index is 106. The van der Waals surface area contributed by atoms with Crippen molar-refractivity contribution < 1.29 is 5.11 Å². The molecule has 1 atom stereocenters. The number of hydrogen-bond donors (Lipinski definition) is 2. The Kier molecular flexibility index (Phi) is 1.76. The number of aliphatic imine (C=N–C) groups is 1. The van der Waals surface area contributed by atoms with Gasteiger partial charge in [0.1, 0.15) is 0 Å². The number of aliphatic hydroxyl groups excluding tert-OH is 1. The maximum absolute atomic E-state index is 8.61. The molecule has 0 saturated heterocycles. The van der Waals surface area contributed by atoms with Crippen LogP contribution in [0.1, 0.15) is 0 Å². The normalized spacial score (nSPS) is 29.4. The van der Waals surface area contributed by atoms with Gasteiger partial charge in [0, 0.05) is 11.9 Å². The van der Waals surface area contributed by atoms with Gasteiger partial charge in [0.15, 0.2) is 3.84 Å². The second-order valence-electron chi connectivity index (χ2n) is 0.966. The van der Waals surface area contributed by atoms with E-state index in [1.165, 1.54) is 11.9 Å². The van der Waals surface area contributed by atoms with Gasteiger partial charge in [-0.3, -0.25) is 0 Å². The molecule has 2 N–H and O–H groups in total. The van der Waals surface area contributed by atoms with E-state index in [1.54, 1.807) is 0 Å². The van der Waals surface area contributed by atoms with E-state index in [9.17, 15) is 0 Å². The maximum atomic E-state index is 8.61. The molecule has 3 nitrogen and oxygen atoms in total. The predicted octanol–water partition coefficient (Wildman–Crippen LogP) is 0.305. The van der Waals surface area contributed by atoms with Crippen LogP contribution < -0.4 is 4.72 Å². The van der Waals surface area contributed by atoms with E-state index in [0.29, 0.717) is 0 Å². The molecule has 0 aromatic heterocycles. The summed E-state index contributed by atoms with van der Waals surface area (Å²) in [5, 5.41) is 8.61.